The maximum Gasteiger partial charge on any atom is 0.252 e. The van der Waals surface area contributed by atoms with Crippen molar-refractivity contribution in [3.05, 3.63) is 22.2 Å². The molecule has 0 amide bonds. The highest BCUT2D eigenvalue weighted by Crippen LogP contribution is 2.09. The summed E-state index contributed by atoms with van der Waals surface area (Å²) in [7, 11) is 0. The first-order valence-corrected chi connectivity index (χ1v) is 6.06. The summed E-state index contributed by atoms with van der Waals surface area (Å²) in [5.74, 6) is 1.43. The molecule has 1 aromatic rings. The number of nitrogens with one attached hydrogen (secondary N) is 2. The zero-order chi connectivity index (χ0) is 12.0. The van der Waals surface area contributed by atoms with Gasteiger partial charge in [-0.25, -0.2) is 4.98 Å². The number of anilines is 1. The number of nitrogens with zero attached hydrogens (tertiary/aromatic N) is 1. The Bertz CT molecular complexity index is 373. The van der Waals surface area contributed by atoms with E-state index < -0.39 is 0 Å². The number of aromatic nitrogens is 2. The lowest BCUT2D eigenvalue weighted by atomic mass is 10.1. The lowest BCUT2D eigenvalue weighted by Gasteiger charge is -2.16. The van der Waals surface area contributed by atoms with Crippen molar-refractivity contribution in [3.8, 4) is 0 Å². The van der Waals surface area contributed by atoms with Crippen molar-refractivity contribution >= 4 is 5.82 Å². The molecule has 0 fully saturated rings. The van der Waals surface area contributed by atoms with Crippen LogP contribution in [0.4, 0.5) is 5.82 Å². The lowest BCUT2D eigenvalue weighted by Crippen LogP contribution is -2.21. The van der Waals surface area contributed by atoms with Gasteiger partial charge in [0.15, 0.2) is 0 Å². The average molecular weight is 223 g/mol. The first-order valence-electron chi connectivity index (χ1n) is 6.06. The van der Waals surface area contributed by atoms with Crippen LogP contribution in [0, 0.1) is 0 Å². The summed E-state index contributed by atoms with van der Waals surface area (Å²) in [5, 5.41) is 3.31. The summed E-state index contributed by atoms with van der Waals surface area (Å²) < 4.78 is 0. The minimum atomic E-state index is -0.0827. The highest BCUT2D eigenvalue weighted by Gasteiger charge is 2.06. The number of aryl methyl sites for hydroxylation is 1. The quantitative estimate of drug-likeness (QED) is 0.778. The highest BCUT2D eigenvalue weighted by atomic mass is 16.1. The molecule has 1 heterocycles. The van der Waals surface area contributed by atoms with Crippen molar-refractivity contribution in [2.75, 3.05) is 5.32 Å². The van der Waals surface area contributed by atoms with Gasteiger partial charge in [0.25, 0.3) is 5.56 Å². The first-order chi connectivity index (χ1) is 7.69. The van der Waals surface area contributed by atoms with E-state index in [1.165, 1.54) is 6.07 Å². The Morgan fingerprint density at radius 3 is 2.75 bits per heavy atom. The van der Waals surface area contributed by atoms with Gasteiger partial charge in [0, 0.05) is 18.5 Å². The van der Waals surface area contributed by atoms with Crippen LogP contribution in [0.15, 0.2) is 10.9 Å². The van der Waals surface area contributed by atoms with Gasteiger partial charge in [0.2, 0.25) is 0 Å². The van der Waals surface area contributed by atoms with Gasteiger partial charge in [-0.15, -0.1) is 0 Å². The molecule has 0 saturated carbocycles. The van der Waals surface area contributed by atoms with Gasteiger partial charge in [-0.1, -0.05) is 27.2 Å². The van der Waals surface area contributed by atoms with Gasteiger partial charge in [-0.2, -0.15) is 0 Å². The molecule has 16 heavy (non-hydrogen) atoms. The fraction of sp³-hybridized carbons (Fsp3) is 0.667. The molecule has 0 aliphatic carbocycles. The second-order valence-electron chi connectivity index (χ2n) is 3.97. The number of aromatic amines is 1. The predicted octanol–water partition coefficient (Wildman–Crippen LogP) is 2.32. The fourth-order valence-corrected chi connectivity index (χ4v) is 1.69. The Labute approximate surface area is 96.5 Å². The average Bonchev–Trinajstić information content (AvgIpc) is 2.27. The van der Waals surface area contributed by atoms with E-state index in [1.54, 1.807) is 0 Å². The summed E-state index contributed by atoms with van der Waals surface area (Å²) >= 11 is 0. The molecule has 0 spiro atoms. The lowest BCUT2D eigenvalue weighted by molar-refractivity contribution is 0.619. The molecule has 0 bridgehead atoms. The normalized spacial score (nSPS) is 12.4. The van der Waals surface area contributed by atoms with E-state index in [1.807, 2.05) is 6.92 Å². The van der Waals surface area contributed by atoms with Crippen LogP contribution in [0.2, 0.25) is 0 Å². The van der Waals surface area contributed by atoms with Gasteiger partial charge in [-0.3, -0.25) is 4.79 Å². The van der Waals surface area contributed by atoms with E-state index in [0.29, 0.717) is 11.9 Å². The van der Waals surface area contributed by atoms with E-state index in [4.69, 9.17) is 0 Å². The molecule has 0 saturated heterocycles. The Morgan fingerprint density at radius 1 is 1.44 bits per heavy atom. The van der Waals surface area contributed by atoms with Crippen molar-refractivity contribution in [2.45, 2.75) is 52.5 Å². The van der Waals surface area contributed by atoms with Crippen LogP contribution in [0.5, 0.6) is 0 Å². The zero-order valence-corrected chi connectivity index (χ0v) is 10.3. The molecule has 1 rings (SSSR count). The Kier molecular flexibility index (Phi) is 5.02. The number of rotatable bonds is 6. The molecule has 1 unspecified atom stereocenters. The predicted molar refractivity (Wildman–Crippen MR) is 66.8 cm³/mol. The first kappa shape index (κ1) is 12.7. The van der Waals surface area contributed by atoms with Gasteiger partial charge >= 0.3 is 0 Å². The van der Waals surface area contributed by atoms with E-state index in [9.17, 15) is 4.79 Å². The van der Waals surface area contributed by atoms with E-state index in [0.717, 1.165) is 31.5 Å². The smallest absolute Gasteiger partial charge is 0.252 e. The van der Waals surface area contributed by atoms with Crippen LogP contribution in [0.1, 0.15) is 45.9 Å². The standard InChI is InChI=1S/C12H21N3O/c1-4-7-9(5-2)13-11-8-12(16)15-10(6-3)14-11/h8-9H,4-7H2,1-3H3,(H2,13,14,15,16). The SMILES string of the molecule is CCCC(CC)Nc1cc(=O)[nH]c(CC)n1. The van der Waals surface area contributed by atoms with E-state index in [-0.39, 0.29) is 5.56 Å². The van der Waals surface area contributed by atoms with E-state index >= 15 is 0 Å². The summed E-state index contributed by atoms with van der Waals surface area (Å²) in [4.78, 5) is 18.4. The minimum Gasteiger partial charge on any atom is -0.367 e. The fourth-order valence-electron chi connectivity index (χ4n) is 1.69. The number of H-pyrrole nitrogens is 1. The molecule has 4 heteroatoms. The van der Waals surface area contributed by atoms with Crippen LogP contribution < -0.4 is 10.9 Å². The molecule has 0 aliphatic rings. The second-order valence-corrected chi connectivity index (χ2v) is 3.97. The van der Waals surface area contributed by atoms with Crippen LogP contribution >= 0.6 is 0 Å². The van der Waals surface area contributed by atoms with Crippen molar-refractivity contribution in [1.29, 1.82) is 0 Å². The second kappa shape index (κ2) is 6.30. The van der Waals surface area contributed by atoms with Crippen molar-refractivity contribution in [2.24, 2.45) is 0 Å². The maximum absolute atomic E-state index is 11.4. The van der Waals surface area contributed by atoms with Gasteiger partial charge in [0.1, 0.15) is 11.6 Å². The van der Waals surface area contributed by atoms with Crippen LogP contribution in [0.25, 0.3) is 0 Å². The molecule has 0 radical (unpaired) electrons. The summed E-state index contributed by atoms with van der Waals surface area (Å²) in [6, 6.07) is 1.93. The minimum absolute atomic E-state index is 0.0827. The van der Waals surface area contributed by atoms with Crippen LogP contribution in [0.3, 0.4) is 0 Å². The molecule has 1 aromatic heterocycles. The molecular weight excluding hydrogens is 202 g/mol. The maximum atomic E-state index is 11.4. The van der Waals surface area contributed by atoms with E-state index in [2.05, 4.69) is 29.1 Å². The van der Waals surface area contributed by atoms with Crippen LogP contribution in [-0.2, 0) is 6.42 Å². The number of hydrogen-bond donors (Lipinski definition) is 2. The molecule has 4 nitrogen and oxygen atoms in total. The zero-order valence-electron chi connectivity index (χ0n) is 10.3. The molecule has 0 aliphatic heterocycles. The van der Waals surface area contributed by atoms with Gasteiger partial charge in [0.05, 0.1) is 0 Å². The van der Waals surface area contributed by atoms with Crippen molar-refractivity contribution in [3.63, 3.8) is 0 Å². The largest absolute Gasteiger partial charge is 0.367 e. The Hall–Kier alpha value is -1.32. The van der Waals surface area contributed by atoms with Crippen LogP contribution in [-0.4, -0.2) is 16.0 Å². The molecule has 0 aromatic carbocycles. The third-order valence-corrected chi connectivity index (χ3v) is 2.61. The third-order valence-electron chi connectivity index (χ3n) is 2.61. The molecule has 2 N–H and O–H groups in total. The summed E-state index contributed by atoms with van der Waals surface area (Å²) in [5.41, 5.74) is -0.0827. The Morgan fingerprint density at radius 2 is 2.19 bits per heavy atom. The molecule has 1 atom stereocenters. The third kappa shape index (κ3) is 3.68. The van der Waals surface area contributed by atoms with Gasteiger partial charge < -0.3 is 10.3 Å². The number of hydrogen-bond acceptors (Lipinski definition) is 3. The monoisotopic (exact) mass is 223 g/mol. The Balaban J connectivity index is 2.79. The molecule has 90 valence electrons. The topological polar surface area (TPSA) is 57.8 Å². The van der Waals surface area contributed by atoms with Crippen molar-refractivity contribution < 1.29 is 0 Å². The highest BCUT2D eigenvalue weighted by molar-refractivity contribution is 5.34. The van der Waals surface area contributed by atoms with Gasteiger partial charge in [-0.05, 0) is 12.8 Å². The van der Waals surface area contributed by atoms with Crippen molar-refractivity contribution in [1.82, 2.24) is 9.97 Å². The summed E-state index contributed by atoms with van der Waals surface area (Å²) in [6.45, 7) is 6.28. The molecular formula is C12H21N3O. The summed E-state index contributed by atoms with van der Waals surface area (Å²) in [6.07, 6.45) is 4.03.